The lowest BCUT2D eigenvalue weighted by Gasteiger charge is -2.38. The van der Waals surface area contributed by atoms with Gasteiger partial charge >= 0.3 is 0 Å². The zero-order valence-electron chi connectivity index (χ0n) is 25.3. The van der Waals surface area contributed by atoms with E-state index in [0.717, 1.165) is 29.9 Å². The molecule has 2 atom stereocenters. The zero-order valence-corrected chi connectivity index (χ0v) is 25.3. The SMILES string of the molecule is COc1ccc2cc1OCC(=O)N[C@@H]1CN(C(=O)c3ccc4c(n3)N(C)CC4)CC[C@H]1Oc1cc(F)cc(c1)CNC(=O)CC2. The number of benzene rings is 2. The second-order valence-corrected chi connectivity index (χ2v) is 11.6. The van der Waals surface area contributed by atoms with Crippen molar-refractivity contribution < 1.29 is 33.0 Å². The number of nitrogens with one attached hydrogen (secondary N) is 2. The Morgan fingerprint density at radius 2 is 1.89 bits per heavy atom. The number of hydrogen-bond acceptors (Lipinski definition) is 8. The number of anilines is 1. The standard InChI is InChI=1S/C33H36FN5O6/c1-38-11-9-22-5-6-25(37-32(22)38)33(42)39-12-10-27-26(18-39)36-31(41)19-44-29-15-20(3-7-28(29)43-2)4-8-30(40)35-17-21-13-23(34)16-24(14-21)45-27/h3,5-7,13-16,26-27H,4,8-12,17-19H2,1-2H3,(H,35,40)(H,36,41)/t26-,27-/m1/s1. The summed E-state index contributed by atoms with van der Waals surface area (Å²) in [5, 5.41) is 5.82. The van der Waals surface area contributed by atoms with Gasteiger partial charge in [0.05, 0.1) is 13.2 Å². The molecule has 2 N–H and O–H groups in total. The molecule has 4 bridgehead atoms. The van der Waals surface area contributed by atoms with E-state index in [0.29, 0.717) is 42.1 Å². The summed E-state index contributed by atoms with van der Waals surface area (Å²) in [5.74, 6) is 0.530. The molecular formula is C33H36FN5O6. The van der Waals surface area contributed by atoms with E-state index >= 15 is 0 Å². The van der Waals surface area contributed by atoms with Gasteiger partial charge in [-0.25, -0.2) is 9.37 Å². The van der Waals surface area contributed by atoms with Crippen molar-refractivity contribution in [1.82, 2.24) is 20.5 Å². The van der Waals surface area contributed by atoms with Gasteiger partial charge < -0.3 is 34.6 Å². The number of halogens is 1. The first-order valence-electron chi connectivity index (χ1n) is 15.1. The number of fused-ring (bicyclic) bond motifs is 6. The number of likely N-dealkylation sites (tertiary alicyclic amines) is 1. The van der Waals surface area contributed by atoms with Crippen molar-refractivity contribution in [2.45, 2.75) is 44.4 Å². The Morgan fingerprint density at radius 1 is 1.02 bits per heavy atom. The van der Waals surface area contributed by atoms with Crippen LogP contribution in [-0.4, -0.2) is 80.1 Å². The Balaban J connectivity index is 1.26. The molecule has 2 aromatic carbocycles. The Labute approximate surface area is 260 Å². The second kappa shape index (κ2) is 13.0. The van der Waals surface area contributed by atoms with Gasteiger partial charge in [-0.2, -0.15) is 0 Å². The highest BCUT2D eigenvalue weighted by Crippen LogP contribution is 2.29. The van der Waals surface area contributed by atoms with Crippen molar-refractivity contribution >= 4 is 23.5 Å². The van der Waals surface area contributed by atoms with E-state index in [4.69, 9.17) is 14.2 Å². The summed E-state index contributed by atoms with van der Waals surface area (Å²) in [6, 6.07) is 12.7. The summed E-state index contributed by atoms with van der Waals surface area (Å²) < 4.78 is 32.2. The summed E-state index contributed by atoms with van der Waals surface area (Å²) in [7, 11) is 3.46. The molecule has 0 aliphatic carbocycles. The first-order valence-corrected chi connectivity index (χ1v) is 15.1. The first-order chi connectivity index (χ1) is 21.7. The number of aryl methyl sites for hydroxylation is 1. The number of carbonyl (C=O) groups excluding carboxylic acids is 3. The number of nitrogens with zero attached hydrogens (tertiary/aromatic N) is 3. The predicted octanol–water partition coefficient (Wildman–Crippen LogP) is 2.64. The number of rotatable bonds is 2. The monoisotopic (exact) mass is 617 g/mol. The van der Waals surface area contributed by atoms with Crippen LogP contribution in [0.3, 0.4) is 0 Å². The van der Waals surface area contributed by atoms with Crippen molar-refractivity contribution in [3.63, 3.8) is 0 Å². The molecule has 3 amide bonds. The van der Waals surface area contributed by atoms with E-state index < -0.39 is 23.9 Å². The maximum absolute atomic E-state index is 14.6. The molecule has 0 saturated carbocycles. The quantitative estimate of drug-likeness (QED) is 0.450. The molecule has 236 valence electrons. The smallest absolute Gasteiger partial charge is 0.272 e. The number of pyridine rings is 1. The van der Waals surface area contributed by atoms with Crippen LogP contribution >= 0.6 is 0 Å². The Hall–Kier alpha value is -4.87. The summed E-state index contributed by atoms with van der Waals surface area (Å²) in [5.41, 5.74) is 2.81. The highest BCUT2D eigenvalue weighted by molar-refractivity contribution is 5.93. The molecule has 6 rings (SSSR count). The number of methoxy groups -OCH3 is 1. The van der Waals surface area contributed by atoms with Crippen LogP contribution in [0.4, 0.5) is 10.2 Å². The van der Waals surface area contributed by atoms with Gasteiger partial charge in [0.2, 0.25) is 5.91 Å². The number of aromatic nitrogens is 1. The molecule has 12 heteroatoms. The van der Waals surface area contributed by atoms with Gasteiger partial charge in [-0.1, -0.05) is 12.1 Å². The molecular weight excluding hydrogens is 581 g/mol. The number of ether oxygens (including phenoxy) is 3. The predicted molar refractivity (Wildman–Crippen MR) is 163 cm³/mol. The van der Waals surface area contributed by atoms with E-state index in [1.807, 2.05) is 24.1 Å². The minimum absolute atomic E-state index is 0.125. The topological polar surface area (TPSA) is 122 Å². The van der Waals surface area contributed by atoms with Crippen LogP contribution in [0.2, 0.25) is 0 Å². The second-order valence-electron chi connectivity index (χ2n) is 11.6. The van der Waals surface area contributed by atoms with E-state index in [2.05, 4.69) is 15.6 Å². The van der Waals surface area contributed by atoms with Gasteiger partial charge in [-0.05, 0) is 59.9 Å². The van der Waals surface area contributed by atoms with Crippen LogP contribution in [0.15, 0.2) is 48.5 Å². The van der Waals surface area contributed by atoms with Crippen LogP contribution in [0.1, 0.15) is 40.0 Å². The average Bonchev–Trinajstić information content (AvgIpc) is 3.41. The van der Waals surface area contributed by atoms with Crippen molar-refractivity contribution in [1.29, 1.82) is 0 Å². The molecule has 1 saturated heterocycles. The summed E-state index contributed by atoms with van der Waals surface area (Å²) in [4.78, 5) is 47.7. The first kappa shape index (κ1) is 30.2. The molecule has 0 spiro atoms. The van der Waals surface area contributed by atoms with Crippen molar-refractivity contribution in [3.05, 3.63) is 76.7 Å². The number of hydrogen-bond donors (Lipinski definition) is 2. The molecule has 0 radical (unpaired) electrons. The van der Waals surface area contributed by atoms with Crippen LogP contribution in [0.25, 0.3) is 0 Å². The molecule has 3 aromatic rings. The third kappa shape index (κ3) is 6.95. The van der Waals surface area contributed by atoms with Crippen molar-refractivity contribution in [3.8, 4) is 17.2 Å². The Bertz CT molecular complexity index is 1620. The summed E-state index contributed by atoms with van der Waals surface area (Å²) in [6.07, 6.45) is 1.33. The third-order valence-corrected chi connectivity index (χ3v) is 8.37. The fourth-order valence-corrected chi connectivity index (χ4v) is 5.97. The van der Waals surface area contributed by atoms with Gasteiger partial charge in [-0.15, -0.1) is 0 Å². The lowest BCUT2D eigenvalue weighted by molar-refractivity contribution is -0.125. The molecule has 3 aliphatic heterocycles. The minimum atomic E-state index is -0.630. The van der Waals surface area contributed by atoms with Crippen LogP contribution in [-0.2, 0) is 29.0 Å². The minimum Gasteiger partial charge on any atom is -0.493 e. The molecule has 3 aliphatic rings. The van der Waals surface area contributed by atoms with E-state index in [1.54, 1.807) is 29.2 Å². The zero-order chi connectivity index (χ0) is 31.5. The number of carbonyl (C=O) groups is 3. The van der Waals surface area contributed by atoms with E-state index in [9.17, 15) is 18.8 Å². The summed E-state index contributed by atoms with van der Waals surface area (Å²) in [6.45, 7) is 1.16. The number of likely N-dealkylation sites (N-methyl/N-ethyl adjacent to an activating group) is 1. The van der Waals surface area contributed by atoms with Crippen molar-refractivity contribution in [2.24, 2.45) is 0 Å². The average molecular weight is 618 g/mol. The lowest BCUT2D eigenvalue weighted by atomic mass is 10.0. The molecule has 11 nitrogen and oxygen atoms in total. The maximum Gasteiger partial charge on any atom is 0.272 e. The van der Waals surface area contributed by atoms with Gasteiger partial charge in [0.25, 0.3) is 11.8 Å². The Kier molecular flexibility index (Phi) is 8.72. The third-order valence-electron chi connectivity index (χ3n) is 8.37. The fraction of sp³-hybridized carbons (Fsp3) is 0.394. The maximum atomic E-state index is 14.6. The van der Waals surface area contributed by atoms with E-state index in [1.165, 1.54) is 19.2 Å². The van der Waals surface area contributed by atoms with Crippen LogP contribution in [0, 0.1) is 5.82 Å². The molecule has 0 unspecified atom stereocenters. The van der Waals surface area contributed by atoms with Crippen molar-refractivity contribution in [2.75, 3.05) is 45.3 Å². The molecule has 4 heterocycles. The van der Waals surface area contributed by atoms with Gasteiger partial charge in [-0.3, -0.25) is 14.4 Å². The van der Waals surface area contributed by atoms with Gasteiger partial charge in [0.15, 0.2) is 18.1 Å². The van der Waals surface area contributed by atoms with Crippen LogP contribution < -0.4 is 29.7 Å². The lowest BCUT2D eigenvalue weighted by Crippen LogP contribution is -2.58. The van der Waals surface area contributed by atoms with Gasteiger partial charge in [0, 0.05) is 52.1 Å². The number of amides is 3. The largest absolute Gasteiger partial charge is 0.493 e. The molecule has 1 aromatic heterocycles. The van der Waals surface area contributed by atoms with E-state index in [-0.39, 0.29) is 43.7 Å². The highest BCUT2D eigenvalue weighted by atomic mass is 19.1. The number of piperidine rings is 1. The molecule has 45 heavy (non-hydrogen) atoms. The Morgan fingerprint density at radius 3 is 2.73 bits per heavy atom. The van der Waals surface area contributed by atoms with Crippen LogP contribution in [0.5, 0.6) is 17.2 Å². The summed E-state index contributed by atoms with van der Waals surface area (Å²) >= 11 is 0. The fourth-order valence-electron chi connectivity index (χ4n) is 5.97. The normalized spacial score (nSPS) is 20.3. The molecule has 1 fully saturated rings. The highest BCUT2D eigenvalue weighted by Gasteiger charge is 2.35. The van der Waals surface area contributed by atoms with Gasteiger partial charge in [0.1, 0.15) is 29.2 Å².